The van der Waals surface area contributed by atoms with Gasteiger partial charge in [-0.3, -0.25) is 4.79 Å². The Kier molecular flexibility index (Phi) is 3.34. The molecule has 0 radical (unpaired) electrons. The summed E-state index contributed by atoms with van der Waals surface area (Å²) in [5, 5.41) is 11.4. The number of carbonyl (C=O) groups excluding carboxylic acids is 1. The molecular weight excluding hydrogens is 185 g/mol. The maximum Gasteiger partial charge on any atom is 0.210 e. The molecule has 0 spiro atoms. The molecule has 1 aromatic rings. The molecule has 0 bridgehead atoms. The van der Waals surface area contributed by atoms with Gasteiger partial charge < -0.3 is 5.21 Å². The monoisotopic (exact) mass is 195 g/mol. The minimum absolute atomic E-state index is 0.0663. The first-order chi connectivity index (χ1) is 6.69. The van der Waals surface area contributed by atoms with Gasteiger partial charge in [-0.25, -0.2) is 4.39 Å². The number of oxime groups is 1. The van der Waals surface area contributed by atoms with Crippen LogP contribution in [0.3, 0.4) is 0 Å². The van der Waals surface area contributed by atoms with Gasteiger partial charge in [0.2, 0.25) is 5.78 Å². The quantitative estimate of drug-likeness (QED) is 0.348. The van der Waals surface area contributed by atoms with E-state index in [-0.39, 0.29) is 11.5 Å². The third-order valence-electron chi connectivity index (χ3n) is 1.82. The predicted octanol–water partition coefficient (Wildman–Crippen LogP) is 2.25. The van der Waals surface area contributed by atoms with E-state index in [4.69, 9.17) is 5.21 Å². The van der Waals surface area contributed by atoms with Crippen LogP contribution in [0.4, 0.5) is 4.39 Å². The van der Waals surface area contributed by atoms with Gasteiger partial charge in [-0.1, -0.05) is 12.1 Å². The van der Waals surface area contributed by atoms with Crippen LogP contribution in [0.25, 0.3) is 0 Å². The van der Waals surface area contributed by atoms with Crippen LogP contribution >= 0.6 is 0 Å². The molecule has 0 heterocycles. The van der Waals surface area contributed by atoms with Crippen LogP contribution in [0, 0.1) is 5.82 Å². The second-order valence-electron chi connectivity index (χ2n) is 2.74. The summed E-state index contributed by atoms with van der Waals surface area (Å²) in [6, 6.07) is 5.10. The number of halogens is 1. The summed E-state index contributed by atoms with van der Waals surface area (Å²) < 4.78 is 12.5. The molecule has 0 aliphatic carbocycles. The van der Waals surface area contributed by atoms with Crippen molar-refractivity contribution in [2.24, 2.45) is 5.16 Å². The zero-order chi connectivity index (χ0) is 10.6. The molecular formula is C10H10FNO2. The molecule has 0 amide bonds. The smallest absolute Gasteiger partial charge is 0.210 e. The average molecular weight is 195 g/mol. The summed E-state index contributed by atoms with van der Waals surface area (Å²) in [6.45, 7) is 1.70. The van der Waals surface area contributed by atoms with Crippen LogP contribution in [0.1, 0.15) is 23.7 Å². The number of ketones is 1. The molecule has 1 aromatic carbocycles. The van der Waals surface area contributed by atoms with Gasteiger partial charge in [0.1, 0.15) is 11.5 Å². The number of hydrogen-bond donors (Lipinski definition) is 1. The molecule has 74 valence electrons. The zero-order valence-electron chi connectivity index (χ0n) is 7.70. The van der Waals surface area contributed by atoms with Crippen LogP contribution in [-0.2, 0) is 0 Å². The maximum absolute atomic E-state index is 12.5. The lowest BCUT2D eigenvalue weighted by Gasteiger charge is -2.00. The minimum Gasteiger partial charge on any atom is -0.411 e. The third-order valence-corrected chi connectivity index (χ3v) is 1.82. The Bertz CT molecular complexity index is 357. The predicted molar refractivity (Wildman–Crippen MR) is 50.2 cm³/mol. The Hall–Kier alpha value is -1.71. The number of benzene rings is 1. The second kappa shape index (κ2) is 4.50. The molecule has 4 heteroatoms. The van der Waals surface area contributed by atoms with Gasteiger partial charge in [0.25, 0.3) is 0 Å². The molecule has 0 saturated heterocycles. The first kappa shape index (κ1) is 10.4. The van der Waals surface area contributed by atoms with Crippen molar-refractivity contribution in [2.45, 2.75) is 13.3 Å². The average Bonchev–Trinajstić information content (AvgIpc) is 2.20. The fourth-order valence-corrected chi connectivity index (χ4v) is 1.04. The van der Waals surface area contributed by atoms with E-state index in [2.05, 4.69) is 5.16 Å². The van der Waals surface area contributed by atoms with Gasteiger partial charge in [-0.05, 0) is 30.7 Å². The van der Waals surface area contributed by atoms with Crippen molar-refractivity contribution in [1.29, 1.82) is 0 Å². The molecule has 0 aliphatic heterocycles. The van der Waals surface area contributed by atoms with Gasteiger partial charge in [-0.2, -0.15) is 0 Å². The Morgan fingerprint density at radius 1 is 1.43 bits per heavy atom. The summed E-state index contributed by atoms with van der Waals surface area (Å²) in [4.78, 5) is 11.5. The number of hydrogen-bond acceptors (Lipinski definition) is 3. The lowest BCUT2D eigenvalue weighted by Crippen LogP contribution is -2.13. The summed E-state index contributed by atoms with van der Waals surface area (Å²) in [6.07, 6.45) is 0.340. The van der Waals surface area contributed by atoms with Crippen LogP contribution in [0.15, 0.2) is 29.4 Å². The number of Topliss-reactive ketones (excluding diaryl/α,β-unsaturated/α-hetero) is 1. The normalized spacial score (nSPS) is 11.4. The Balaban J connectivity index is 2.95. The maximum atomic E-state index is 12.5. The molecule has 0 aromatic heterocycles. The van der Waals surface area contributed by atoms with Gasteiger partial charge in [0, 0.05) is 5.56 Å². The molecule has 0 unspecified atom stereocenters. The van der Waals surface area contributed by atoms with E-state index in [1.807, 2.05) is 0 Å². The van der Waals surface area contributed by atoms with Gasteiger partial charge in [0.05, 0.1) is 0 Å². The second-order valence-corrected chi connectivity index (χ2v) is 2.74. The van der Waals surface area contributed by atoms with Crippen molar-refractivity contribution in [3.63, 3.8) is 0 Å². The van der Waals surface area contributed by atoms with E-state index < -0.39 is 5.82 Å². The highest BCUT2D eigenvalue weighted by Crippen LogP contribution is 2.05. The number of rotatable bonds is 3. The van der Waals surface area contributed by atoms with E-state index in [0.717, 1.165) is 0 Å². The highest BCUT2D eigenvalue weighted by Gasteiger charge is 2.12. The lowest BCUT2D eigenvalue weighted by molar-refractivity contribution is 0.106. The van der Waals surface area contributed by atoms with Gasteiger partial charge in [0.15, 0.2) is 0 Å². The molecule has 0 saturated carbocycles. The fraction of sp³-hybridized carbons (Fsp3) is 0.200. The third kappa shape index (κ3) is 2.16. The topological polar surface area (TPSA) is 49.7 Å². The fourth-order valence-electron chi connectivity index (χ4n) is 1.04. The molecule has 0 atom stereocenters. The van der Waals surface area contributed by atoms with Crippen LogP contribution in [0.5, 0.6) is 0 Å². The van der Waals surface area contributed by atoms with Crippen molar-refractivity contribution < 1.29 is 14.4 Å². The molecule has 1 N–H and O–H groups in total. The lowest BCUT2D eigenvalue weighted by atomic mass is 10.1. The Morgan fingerprint density at radius 2 is 2.00 bits per heavy atom. The number of carbonyl (C=O) groups is 1. The molecule has 14 heavy (non-hydrogen) atoms. The van der Waals surface area contributed by atoms with E-state index in [0.29, 0.717) is 12.0 Å². The van der Waals surface area contributed by atoms with Crippen molar-refractivity contribution >= 4 is 11.5 Å². The largest absolute Gasteiger partial charge is 0.411 e. The summed E-state index contributed by atoms with van der Waals surface area (Å²) in [5.74, 6) is -0.782. The minimum atomic E-state index is -0.402. The first-order valence-electron chi connectivity index (χ1n) is 4.20. The van der Waals surface area contributed by atoms with Crippen LogP contribution in [-0.4, -0.2) is 16.7 Å². The summed E-state index contributed by atoms with van der Waals surface area (Å²) in [7, 11) is 0. The van der Waals surface area contributed by atoms with E-state index in [9.17, 15) is 9.18 Å². The summed E-state index contributed by atoms with van der Waals surface area (Å²) >= 11 is 0. The van der Waals surface area contributed by atoms with E-state index in [1.54, 1.807) is 6.92 Å². The van der Waals surface area contributed by atoms with Crippen molar-refractivity contribution in [2.75, 3.05) is 0 Å². The van der Waals surface area contributed by atoms with Crippen molar-refractivity contribution in [3.05, 3.63) is 35.6 Å². The molecule has 0 aliphatic rings. The molecule has 3 nitrogen and oxygen atoms in total. The van der Waals surface area contributed by atoms with E-state index in [1.165, 1.54) is 24.3 Å². The van der Waals surface area contributed by atoms with Gasteiger partial charge in [-0.15, -0.1) is 0 Å². The van der Waals surface area contributed by atoms with Crippen molar-refractivity contribution in [1.82, 2.24) is 0 Å². The Labute approximate surface area is 80.9 Å². The van der Waals surface area contributed by atoms with E-state index >= 15 is 0 Å². The highest BCUT2D eigenvalue weighted by atomic mass is 19.1. The van der Waals surface area contributed by atoms with Crippen LogP contribution in [0.2, 0.25) is 0 Å². The molecule has 1 rings (SSSR count). The SMILES string of the molecule is CC/C(=N\O)C(=O)c1ccc(F)cc1. The van der Waals surface area contributed by atoms with Crippen molar-refractivity contribution in [3.8, 4) is 0 Å². The van der Waals surface area contributed by atoms with Gasteiger partial charge >= 0.3 is 0 Å². The first-order valence-corrected chi connectivity index (χ1v) is 4.20. The number of nitrogens with zero attached hydrogens (tertiary/aromatic N) is 1. The standard InChI is InChI=1S/C10H10FNO2/c1-2-9(12-14)10(13)7-3-5-8(11)6-4-7/h3-6,14H,2H2,1H3/b12-9+. The Morgan fingerprint density at radius 3 is 2.43 bits per heavy atom. The van der Waals surface area contributed by atoms with Crippen LogP contribution < -0.4 is 0 Å². The zero-order valence-corrected chi connectivity index (χ0v) is 7.70. The highest BCUT2D eigenvalue weighted by molar-refractivity contribution is 6.45. The molecule has 0 fully saturated rings. The summed E-state index contributed by atoms with van der Waals surface area (Å²) in [5.41, 5.74) is 0.387.